The molecule has 17 heavy (non-hydrogen) atoms. The molecule has 90 valence electrons. The molecule has 0 bridgehead atoms. The van der Waals surface area contributed by atoms with Crippen LogP contribution in [-0.2, 0) is 6.54 Å². The Hall–Kier alpha value is -1.97. The van der Waals surface area contributed by atoms with E-state index in [9.17, 15) is 0 Å². The zero-order valence-corrected chi connectivity index (χ0v) is 10.4. The summed E-state index contributed by atoms with van der Waals surface area (Å²) in [7, 11) is 1.64. The highest BCUT2D eigenvalue weighted by molar-refractivity contribution is 5.47. The van der Waals surface area contributed by atoms with Gasteiger partial charge >= 0.3 is 0 Å². The largest absolute Gasteiger partial charge is 0.497 e. The van der Waals surface area contributed by atoms with Gasteiger partial charge in [-0.15, -0.1) is 0 Å². The fourth-order valence-corrected chi connectivity index (χ4v) is 1.80. The lowest BCUT2D eigenvalue weighted by Gasteiger charge is -2.09. The molecule has 0 fully saturated rings. The van der Waals surface area contributed by atoms with E-state index in [0.717, 1.165) is 23.6 Å². The molecule has 4 nitrogen and oxygen atoms in total. The van der Waals surface area contributed by atoms with Crippen LogP contribution < -0.4 is 10.5 Å². The highest BCUT2D eigenvalue weighted by Crippen LogP contribution is 2.20. The highest BCUT2D eigenvalue weighted by atomic mass is 16.5. The quantitative estimate of drug-likeness (QED) is 0.823. The maximum absolute atomic E-state index is 5.83. The van der Waals surface area contributed by atoms with Crippen molar-refractivity contribution in [3.05, 3.63) is 41.5 Å². The summed E-state index contributed by atoms with van der Waals surface area (Å²) in [5.41, 5.74) is 9.89. The Morgan fingerprint density at radius 1 is 1.29 bits per heavy atom. The van der Waals surface area contributed by atoms with Gasteiger partial charge in [-0.25, -0.2) is 4.98 Å². The third-order valence-electron chi connectivity index (χ3n) is 2.92. The summed E-state index contributed by atoms with van der Waals surface area (Å²) in [6, 6.07) is 5.76. The van der Waals surface area contributed by atoms with Gasteiger partial charge in [-0.1, -0.05) is 0 Å². The molecule has 1 heterocycles. The van der Waals surface area contributed by atoms with Crippen molar-refractivity contribution in [3.63, 3.8) is 0 Å². The van der Waals surface area contributed by atoms with E-state index in [2.05, 4.69) is 16.5 Å². The zero-order chi connectivity index (χ0) is 12.4. The summed E-state index contributed by atoms with van der Waals surface area (Å²) in [6.45, 7) is 4.83. The van der Waals surface area contributed by atoms with Crippen molar-refractivity contribution in [2.24, 2.45) is 0 Å². The number of nitrogen functional groups attached to an aromatic ring is 1. The van der Waals surface area contributed by atoms with E-state index in [0.29, 0.717) is 5.69 Å². The SMILES string of the molecule is COc1cc(N)cc(Cn2cnc(C)c2C)c1. The molecule has 0 amide bonds. The molecule has 0 aliphatic rings. The number of aromatic nitrogens is 2. The van der Waals surface area contributed by atoms with Crippen LogP contribution in [0.4, 0.5) is 5.69 Å². The molecule has 1 aromatic carbocycles. The van der Waals surface area contributed by atoms with Crippen molar-refractivity contribution in [2.45, 2.75) is 20.4 Å². The lowest BCUT2D eigenvalue weighted by Crippen LogP contribution is -2.02. The van der Waals surface area contributed by atoms with Gasteiger partial charge in [-0.3, -0.25) is 0 Å². The number of benzene rings is 1. The number of nitrogens with two attached hydrogens (primary N) is 1. The predicted molar refractivity (Wildman–Crippen MR) is 68.2 cm³/mol. The Labute approximate surface area is 101 Å². The van der Waals surface area contributed by atoms with Gasteiger partial charge in [0.05, 0.1) is 19.1 Å². The number of rotatable bonds is 3. The van der Waals surface area contributed by atoms with Gasteiger partial charge < -0.3 is 15.0 Å². The minimum Gasteiger partial charge on any atom is -0.497 e. The van der Waals surface area contributed by atoms with Crippen LogP contribution in [0.25, 0.3) is 0 Å². The van der Waals surface area contributed by atoms with E-state index in [1.54, 1.807) is 7.11 Å². The Kier molecular flexibility index (Phi) is 3.04. The lowest BCUT2D eigenvalue weighted by molar-refractivity contribution is 0.414. The summed E-state index contributed by atoms with van der Waals surface area (Å²) in [6.07, 6.45) is 1.85. The molecule has 0 spiro atoms. The van der Waals surface area contributed by atoms with Crippen LogP contribution in [0.5, 0.6) is 5.75 Å². The van der Waals surface area contributed by atoms with Gasteiger partial charge in [0.2, 0.25) is 0 Å². The number of methoxy groups -OCH3 is 1. The molecular weight excluding hydrogens is 214 g/mol. The average molecular weight is 231 g/mol. The Morgan fingerprint density at radius 3 is 2.65 bits per heavy atom. The maximum atomic E-state index is 5.83. The van der Waals surface area contributed by atoms with Crippen molar-refractivity contribution in [1.82, 2.24) is 9.55 Å². The maximum Gasteiger partial charge on any atom is 0.121 e. The summed E-state index contributed by atoms with van der Waals surface area (Å²) in [4.78, 5) is 4.28. The normalized spacial score (nSPS) is 10.5. The van der Waals surface area contributed by atoms with Gasteiger partial charge in [0, 0.05) is 24.0 Å². The minimum atomic E-state index is 0.717. The summed E-state index contributed by atoms with van der Waals surface area (Å²) in [5.74, 6) is 0.787. The molecule has 0 saturated carbocycles. The Morgan fingerprint density at radius 2 is 2.06 bits per heavy atom. The zero-order valence-electron chi connectivity index (χ0n) is 10.4. The van der Waals surface area contributed by atoms with Gasteiger partial charge in [-0.2, -0.15) is 0 Å². The second kappa shape index (κ2) is 4.49. The lowest BCUT2D eigenvalue weighted by atomic mass is 10.2. The molecule has 0 radical (unpaired) electrons. The van der Waals surface area contributed by atoms with Crippen molar-refractivity contribution in [1.29, 1.82) is 0 Å². The summed E-state index contributed by atoms with van der Waals surface area (Å²) >= 11 is 0. The molecule has 1 aromatic heterocycles. The molecule has 0 unspecified atom stereocenters. The second-order valence-corrected chi connectivity index (χ2v) is 4.16. The molecule has 0 atom stereocenters. The monoisotopic (exact) mass is 231 g/mol. The summed E-state index contributed by atoms with van der Waals surface area (Å²) in [5, 5.41) is 0. The topological polar surface area (TPSA) is 53.1 Å². The van der Waals surface area contributed by atoms with Gasteiger partial charge in [-0.05, 0) is 31.5 Å². The van der Waals surface area contributed by atoms with Gasteiger partial charge in [0.1, 0.15) is 5.75 Å². The van der Waals surface area contributed by atoms with E-state index in [-0.39, 0.29) is 0 Å². The fraction of sp³-hybridized carbons (Fsp3) is 0.308. The molecule has 0 aliphatic carbocycles. The number of hydrogen-bond donors (Lipinski definition) is 1. The third-order valence-corrected chi connectivity index (χ3v) is 2.92. The van der Waals surface area contributed by atoms with Crippen LogP contribution in [-0.4, -0.2) is 16.7 Å². The number of imidazole rings is 1. The number of nitrogens with zero attached hydrogens (tertiary/aromatic N) is 2. The van der Waals surface area contributed by atoms with Crippen LogP contribution in [0.3, 0.4) is 0 Å². The number of aryl methyl sites for hydroxylation is 1. The average Bonchev–Trinajstić information content (AvgIpc) is 2.60. The first kappa shape index (κ1) is 11.5. The summed E-state index contributed by atoms with van der Waals surface area (Å²) < 4.78 is 7.30. The molecule has 2 N–H and O–H groups in total. The molecule has 4 heteroatoms. The third kappa shape index (κ3) is 2.41. The van der Waals surface area contributed by atoms with E-state index in [4.69, 9.17) is 10.5 Å². The van der Waals surface area contributed by atoms with Crippen LogP contribution in [0.1, 0.15) is 17.0 Å². The standard InChI is InChI=1S/C13H17N3O/c1-9-10(2)16(8-15-9)7-11-4-12(14)6-13(5-11)17-3/h4-6,8H,7,14H2,1-3H3. The smallest absolute Gasteiger partial charge is 0.121 e. The van der Waals surface area contributed by atoms with Crippen LogP contribution >= 0.6 is 0 Å². The molecule has 2 aromatic rings. The first-order chi connectivity index (χ1) is 8.10. The van der Waals surface area contributed by atoms with Crippen LogP contribution in [0.2, 0.25) is 0 Å². The second-order valence-electron chi connectivity index (χ2n) is 4.16. The first-order valence-electron chi connectivity index (χ1n) is 5.52. The number of anilines is 1. The van der Waals surface area contributed by atoms with Crippen molar-refractivity contribution in [2.75, 3.05) is 12.8 Å². The first-order valence-corrected chi connectivity index (χ1v) is 5.52. The molecule has 0 saturated heterocycles. The molecular formula is C13H17N3O. The van der Waals surface area contributed by atoms with Crippen LogP contribution in [0, 0.1) is 13.8 Å². The van der Waals surface area contributed by atoms with E-state index >= 15 is 0 Å². The Bertz CT molecular complexity index is 531. The van der Waals surface area contributed by atoms with Gasteiger partial charge in [0.25, 0.3) is 0 Å². The molecule has 0 aliphatic heterocycles. The van der Waals surface area contributed by atoms with E-state index in [1.165, 1.54) is 5.69 Å². The van der Waals surface area contributed by atoms with Crippen LogP contribution in [0.15, 0.2) is 24.5 Å². The number of hydrogen-bond acceptors (Lipinski definition) is 3. The van der Waals surface area contributed by atoms with Gasteiger partial charge in [0.15, 0.2) is 0 Å². The molecule has 2 rings (SSSR count). The predicted octanol–water partition coefficient (Wildman–Crippen LogP) is 2.14. The minimum absolute atomic E-state index is 0.717. The van der Waals surface area contributed by atoms with E-state index in [1.807, 2.05) is 31.5 Å². The number of ether oxygens (including phenoxy) is 1. The van der Waals surface area contributed by atoms with Crippen molar-refractivity contribution >= 4 is 5.69 Å². The highest BCUT2D eigenvalue weighted by Gasteiger charge is 2.04. The van der Waals surface area contributed by atoms with E-state index < -0.39 is 0 Å². The fourth-order valence-electron chi connectivity index (χ4n) is 1.80. The van der Waals surface area contributed by atoms with Crippen molar-refractivity contribution in [3.8, 4) is 5.75 Å². The van der Waals surface area contributed by atoms with Crippen molar-refractivity contribution < 1.29 is 4.74 Å². The Balaban J connectivity index is 2.29.